The molecule has 0 radical (unpaired) electrons. The maximum Gasteiger partial charge on any atom is 0.259 e. The lowest BCUT2D eigenvalue weighted by Gasteiger charge is -2.29. The highest BCUT2D eigenvalue weighted by molar-refractivity contribution is 6.18. The second-order valence-corrected chi connectivity index (χ2v) is 5.31. The number of benzene rings is 1. The molecule has 4 nitrogen and oxygen atoms in total. The Morgan fingerprint density at radius 2 is 1.85 bits per heavy atom. The molecule has 106 valence electrons. The first-order chi connectivity index (χ1) is 9.49. The summed E-state index contributed by atoms with van der Waals surface area (Å²) in [7, 11) is 3.61. The molecule has 0 fully saturated rings. The molecule has 4 heteroatoms. The minimum absolute atomic E-state index is 0.180. The summed E-state index contributed by atoms with van der Waals surface area (Å²) >= 11 is 0. The van der Waals surface area contributed by atoms with Crippen LogP contribution in [-0.2, 0) is 22.6 Å². The second kappa shape index (κ2) is 5.90. The average molecular weight is 272 g/mol. The highest BCUT2D eigenvalue weighted by atomic mass is 16.2. The Kier molecular flexibility index (Phi) is 4.23. The lowest BCUT2D eigenvalue weighted by atomic mass is 9.99. The van der Waals surface area contributed by atoms with E-state index >= 15 is 0 Å². The van der Waals surface area contributed by atoms with Crippen LogP contribution in [0.4, 0.5) is 0 Å². The number of carbonyl (C=O) groups excluding carboxylic acids is 2. The number of rotatable bonds is 3. The van der Waals surface area contributed by atoms with Crippen molar-refractivity contribution in [2.24, 2.45) is 0 Å². The predicted octanol–water partition coefficient (Wildman–Crippen LogP) is 1.61. The number of amides is 1. The Morgan fingerprint density at radius 1 is 1.20 bits per heavy atom. The normalized spacial score (nSPS) is 14.8. The van der Waals surface area contributed by atoms with Crippen LogP contribution in [0.2, 0.25) is 0 Å². The van der Waals surface area contributed by atoms with Crippen LogP contribution in [0, 0.1) is 0 Å². The molecule has 0 spiro atoms. The summed E-state index contributed by atoms with van der Waals surface area (Å²) in [4.78, 5) is 27.6. The van der Waals surface area contributed by atoms with E-state index in [1.54, 1.807) is 16.0 Å². The average Bonchev–Trinajstić information content (AvgIpc) is 2.43. The minimum atomic E-state index is -0.192. The molecule has 0 aliphatic carbocycles. The van der Waals surface area contributed by atoms with Gasteiger partial charge in [-0.15, -0.1) is 0 Å². The summed E-state index contributed by atoms with van der Waals surface area (Å²) in [5, 5.41) is 0. The molecule has 0 saturated carbocycles. The topological polar surface area (TPSA) is 40.6 Å². The van der Waals surface area contributed by atoms with Crippen molar-refractivity contribution < 1.29 is 9.59 Å². The van der Waals surface area contributed by atoms with Crippen molar-refractivity contribution in [2.45, 2.75) is 19.9 Å². The molecular formula is C16H20N2O2. The van der Waals surface area contributed by atoms with Crippen molar-refractivity contribution in [3.63, 3.8) is 0 Å². The summed E-state index contributed by atoms with van der Waals surface area (Å²) in [5.41, 5.74) is 2.70. The maximum absolute atomic E-state index is 12.5. The van der Waals surface area contributed by atoms with E-state index in [1.165, 1.54) is 18.1 Å². The van der Waals surface area contributed by atoms with Crippen LogP contribution >= 0.6 is 0 Å². The van der Waals surface area contributed by atoms with Crippen LogP contribution in [-0.4, -0.2) is 42.1 Å². The number of ketones is 1. The molecule has 1 aromatic rings. The van der Waals surface area contributed by atoms with Gasteiger partial charge in [-0.1, -0.05) is 24.3 Å². The standard InChI is InChI=1S/C16H20N2O2/c1-12(19)15(11-17(2)3)16(20)18-9-8-13-6-4-5-7-14(13)10-18/h4-7,11H,8-10H2,1-3H3. The quantitative estimate of drug-likeness (QED) is 0.477. The van der Waals surface area contributed by atoms with Gasteiger partial charge in [0.25, 0.3) is 5.91 Å². The Morgan fingerprint density at radius 3 is 2.45 bits per heavy atom. The van der Waals surface area contributed by atoms with E-state index in [4.69, 9.17) is 0 Å². The molecule has 0 atom stereocenters. The van der Waals surface area contributed by atoms with Crippen molar-refractivity contribution >= 4 is 11.7 Å². The molecule has 0 bridgehead atoms. The van der Waals surface area contributed by atoms with Gasteiger partial charge in [0.15, 0.2) is 5.78 Å². The summed E-state index contributed by atoms with van der Waals surface area (Å²) < 4.78 is 0. The zero-order valence-electron chi connectivity index (χ0n) is 12.2. The molecule has 0 N–H and O–H groups in total. The van der Waals surface area contributed by atoms with E-state index in [0.29, 0.717) is 13.1 Å². The van der Waals surface area contributed by atoms with Crippen LogP contribution in [0.25, 0.3) is 0 Å². The first-order valence-corrected chi connectivity index (χ1v) is 6.74. The molecule has 1 heterocycles. The number of fused-ring (bicyclic) bond motifs is 1. The molecule has 1 amide bonds. The fourth-order valence-corrected chi connectivity index (χ4v) is 2.39. The fraction of sp³-hybridized carbons (Fsp3) is 0.375. The Balaban J connectivity index is 2.21. The number of carbonyl (C=O) groups is 2. The van der Waals surface area contributed by atoms with Crippen LogP contribution in [0.3, 0.4) is 0 Å². The molecule has 1 aliphatic rings. The second-order valence-electron chi connectivity index (χ2n) is 5.31. The van der Waals surface area contributed by atoms with Gasteiger partial charge in [0.05, 0.1) is 5.57 Å². The van der Waals surface area contributed by atoms with Gasteiger partial charge in [0, 0.05) is 33.4 Å². The summed E-state index contributed by atoms with van der Waals surface area (Å²) in [6.07, 6.45) is 2.44. The van der Waals surface area contributed by atoms with Gasteiger partial charge in [-0.25, -0.2) is 0 Å². The van der Waals surface area contributed by atoms with E-state index in [2.05, 4.69) is 6.07 Å². The predicted molar refractivity (Wildman–Crippen MR) is 78.0 cm³/mol. The zero-order valence-corrected chi connectivity index (χ0v) is 12.2. The number of Topliss-reactive ketones (excluding diaryl/α,β-unsaturated/α-hetero) is 1. The third-order valence-corrected chi connectivity index (χ3v) is 3.41. The van der Waals surface area contributed by atoms with Crippen molar-refractivity contribution in [3.05, 3.63) is 47.2 Å². The third kappa shape index (κ3) is 3.07. The molecular weight excluding hydrogens is 252 g/mol. The molecule has 0 saturated heterocycles. The number of hydrogen-bond donors (Lipinski definition) is 0. The summed E-state index contributed by atoms with van der Waals surface area (Å²) in [5.74, 6) is -0.372. The first kappa shape index (κ1) is 14.3. The Labute approximate surface area is 119 Å². The van der Waals surface area contributed by atoms with E-state index in [1.807, 2.05) is 32.3 Å². The van der Waals surface area contributed by atoms with Gasteiger partial charge in [0.2, 0.25) is 0 Å². The minimum Gasteiger partial charge on any atom is -0.383 e. The third-order valence-electron chi connectivity index (χ3n) is 3.41. The Bertz CT molecular complexity index is 561. The van der Waals surface area contributed by atoms with Crippen molar-refractivity contribution in [3.8, 4) is 0 Å². The molecule has 0 aromatic heterocycles. The molecule has 2 rings (SSSR count). The Hall–Kier alpha value is -2.10. The van der Waals surface area contributed by atoms with Gasteiger partial charge in [-0.05, 0) is 24.5 Å². The van der Waals surface area contributed by atoms with E-state index in [-0.39, 0.29) is 17.3 Å². The monoisotopic (exact) mass is 272 g/mol. The molecule has 1 aromatic carbocycles. The fourth-order valence-electron chi connectivity index (χ4n) is 2.39. The van der Waals surface area contributed by atoms with Gasteiger partial charge >= 0.3 is 0 Å². The SMILES string of the molecule is CC(=O)C(=CN(C)C)C(=O)N1CCc2ccccc2C1. The van der Waals surface area contributed by atoms with Gasteiger partial charge in [-0.2, -0.15) is 0 Å². The number of hydrogen-bond acceptors (Lipinski definition) is 3. The van der Waals surface area contributed by atoms with Gasteiger partial charge < -0.3 is 9.80 Å². The van der Waals surface area contributed by atoms with Crippen molar-refractivity contribution in [1.29, 1.82) is 0 Å². The zero-order chi connectivity index (χ0) is 14.7. The first-order valence-electron chi connectivity index (χ1n) is 6.74. The molecule has 1 aliphatic heterocycles. The van der Waals surface area contributed by atoms with Crippen molar-refractivity contribution in [2.75, 3.05) is 20.6 Å². The van der Waals surface area contributed by atoms with Gasteiger partial charge in [0.1, 0.15) is 0 Å². The largest absolute Gasteiger partial charge is 0.383 e. The molecule has 20 heavy (non-hydrogen) atoms. The summed E-state index contributed by atoms with van der Waals surface area (Å²) in [6, 6.07) is 8.13. The van der Waals surface area contributed by atoms with Gasteiger partial charge in [-0.3, -0.25) is 9.59 Å². The smallest absolute Gasteiger partial charge is 0.259 e. The van der Waals surface area contributed by atoms with Crippen LogP contribution in [0.15, 0.2) is 36.0 Å². The maximum atomic E-state index is 12.5. The van der Waals surface area contributed by atoms with E-state index in [0.717, 1.165) is 6.42 Å². The van der Waals surface area contributed by atoms with Crippen molar-refractivity contribution in [1.82, 2.24) is 9.80 Å². The number of nitrogens with zero attached hydrogens (tertiary/aromatic N) is 2. The highest BCUT2D eigenvalue weighted by Gasteiger charge is 2.25. The molecule has 0 unspecified atom stereocenters. The van der Waals surface area contributed by atoms with E-state index in [9.17, 15) is 9.59 Å². The summed E-state index contributed by atoms with van der Waals surface area (Å²) in [6.45, 7) is 2.67. The van der Waals surface area contributed by atoms with E-state index < -0.39 is 0 Å². The lowest BCUT2D eigenvalue weighted by molar-refractivity contribution is -0.130. The van der Waals surface area contributed by atoms with Crippen LogP contribution < -0.4 is 0 Å². The van der Waals surface area contributed by atoms with Crippen LogP contribution in [0.5, 0.6) is 0 Å². The van der Waals surface area contributed by atoms with Crippen LogP contribution in [0.1, 0.15) is 18.1 Å². The lowest BCUT2D eigenvalue weighted by Crippen LogP contribution is -2.38. The highest BCUT2D eigenvalue weighted by Crippen LogP contribution is 2.20.